The van der Waals surface area contributed by atoms with E-state index in [0.717, 1.165) is 26.1 Å². The van der Waals surface area contributed by atoms with Crippen molar-refractivity contribution >= 4 is 0 Å². The summed E-state index contributed by atoms with van der Waals surface area (Å²) in [5, 5.41) is 0. The highest BCUT2D eigenvalue weighted by Gasteiger charge is 2.25. The Hall–Kier alpha value is -1.08. The lowest BCUT2D eigenvalue weighted by Crippen LogP contribution is -2.19. The van der Waals surface area contributed by atoms with Gasteiger partial charge in [0.05, 0.1) is 13.2 Å². The van der Waals surface area contributed by atoms with Crippen molar-refractivity contribution in [2.75, 3.05) is 6.61 Å². The lowest BCUT2D eigenvalue weighted by Gasteiger charge is -2.23. The molecule has 0 heterocycles. The van der Waals surface area contributed by atoms with Gasteiger partial charge in [-0.1, -0.05) is 49.4 Å². The Kier molecular flexibility index (Phi) is 3.22. The van der Waals surface area contributed by atoms with Gasteiger partial charge in [-0.15, -0.1) is 0 Å². The zero-order valence-corrected chi connectivity index (χ0v) is 9.28. The van der Waals surface area contributed by atoms with Crippen molar-refractivity contribution in [1.29, 1.82) is 0 Å². The van der Waals surface area contributed by atoms with E-state index in [2.05, 4.69) is 43.3 Å². The summed E-state index contributed by atoms with van der Waals surface area (Å²) in [6, 6.07) is 10.4. The number of hydrogen-bond donors (Lipinski definition) is 0. The first kappa shape index (κ1) is 10.4. The molecule has 0 saturated heterocycles. The first-order chi connectivity index (χ1) is 7.29. The van der Waals surface area contributed by atoms with E-state index in [4.69, 9.17) is 4.74 Å². The second-order valence-electron chi connectivity index (χ2n) is 4.67. The van der Waals surface area contributed by atoms with Gasteiger partial charge in [-0.3, -0.25) is 0 Å². The van der Waals surface area contributed by atoms with Crippen LogP contribution in [0, 0.1) is 5.41 Å². The van der Waals surface area contributed by atoms with E-state index < -0.39 is 0 Å². The van der Waals surface area contributed by atoms with Crippen LogP contribution in [0.3, 0.4) is 0 Å². The molecule has 0 N–H and O–H groups in total. The molecule has 1 nitrogen and oxygen atoms in total. The Morgan fingerprint density at radius 2 is 1.80 bits per heavy atom. The second-order valence-corrected chi connectivity index (χ2v) is 4.67. The fraction of sp³-hybridized carbons (Fsp3) is 0.429. The predicted octanol–water partition coefficient (Wildman–Crippen LogP) is 3.56. The molecule has 0 spiro atoms. The van der Waals surface area contributed by atoms with Crippen molar-refractivity contribution in [2.45, 2.75) is 26.4 Å². The smallest absolute Gasteiger partial charge is 0.0717 e. The lowest BCUT2D eigenvalue weighted by atomic mass is 9.89. The van der Waals surface area contributed by atoms with Crippen LogP contribution in [0.1, 0.15) is 25.3 Å². The van der Waals surface area contributed by atoms with Gasteiger partial charge in [0.25, 0.3) is 0 Å². The third kappa shape index (κ3) is 2.93. The van der Waals surface area contributed by atoms with Crippen LogP contribution in [-0.4, -0.2) is 6.61 Å². The van der Waals surface area contributed by atoms with Gasteiger partial charge < -0.3 is 4.74 Å². The average molecular weight is 202 g/mol. The Morgan fingerprint density at radius 3 is 2.47 bits per heavy atom. The molecule has 0 amide bonds. The molecule has 1 aliphatic rings. The molecule has 80 valence electrons. The summed E-state index contributed by atoms with van der Waals surface area (Å²) in [5.41, 5.74) is 1.60. The summed E-state index contributed by atoms with van der Waals surface area (Å²) in [5.74, 6) is 0. The Morgan fingerprint density at radius 1 is 1.13 bits per heavy atom. The topological polar surface area (TPSA) is 9.23 Å². The molecule has 0 unspecified atom stereocenters. The lowest BCUT2D eigenvalue weighted by molar-refractivity contribution is 0.0485. The summed E-state index contributed by atoms with van der Waals surface area (Å²) in [6.07, 6.45) is 6.82. The molecule has 0 fully saturated rings. The maximum atomic E-state index is 5.77. The van der Waals surface area contributed by atoms with E-state index >= 15 is 0 Å². The molecular weight excluding hydrogens is 184 g/mol. The summed E-state index contributed by atoms with van der Waals surface area (Å²) in [7, 11) is 0. The number of ether oxygens (including phenoxy) is 1. The summed E-state index contributed by atoms with van der Waals surface area (Å²) < 4.78 is 5.77. The highest BCUT2D eigenvalue weighted by molar-refractivity contribution is 5.13. The van der Waals surface area contributed by atoms with Gasteiger partial charge in [0.2, 0.25) is 0 Å². The van der Waals surface area contributed by atoms with Crippen LogP contribution < -0.4 is 0 Å². The quantitative estimate of drug-likeness (QED) is 0.678. The molecule has 1 aromatic rings. The summed E-state index contributed by atoms with van der Waals surface area (Å²) >= 11 is 0. The first-order valence-electron chi connectivity index (χ1n) is 5.55. The molecule has 0 atom stereocenters. The highest BCUT2D eigenvalue weighted by Crippen LogP contribution is 2.32. The minimum absolute atomic E-state index is 0.342. The number of hydrogen-bond acceptors (Lipinski definition) is 1. The number of benzene rings is 1. The van der Waals surface area contributed by atoms with E-state index in [0.29, 0.717) is 5.41 Å². The second kappa shape index (κ2) is 4.63. The zero-order valence-electron chi connectivity index (χ0n) is 9.28. The third-order valence-electron chi connectivity index (χ3n) is 2.95. The fourth-order valence-electron chi connectivity index (χ4n) is 1.93. The van der Waals surface area contributed by atoms with E-state index in [9.17, 15) is 0 Å². The Bertz CT molecular complexity index is 318. The molecule has 0 aliphatic heterocycles. The molecule has 0 bridgehead atoms. The molecule has 1 aliphatic carbocycles. The minimum Gasteiger partial charge on any atom is -0.376 e. The molecule has 0 saturated carbocycles. The van der Waals surface area contributed by atoms with Crippen LogP contribution in [0.2, 0.25) is 0 Å². The van der Waals surface area contributed by atoms with Gasteiger partial charge >= 0.3 is 0 Å². The average Bonchev–Trinajstić information content (AvgIpc) is 2.67. The number of rotatable bonds is 4. The molecule has 1 aromatic carbocycles. The number of allylic oxidation sites excluding steroid dienone is 2. The van der Waals surface area contributed by atoms with E-state index in [1.807, 2.05) is 6.07 Å². The molecule has 15 heavy (non-hydrogen) atoms. The van der Waals surface area contributed by atoms with Gasteiger partial charge in [-0.25, -0.2) is 0 Å². The standard InChI is InChI=1S/C14H18O/c1-14(9-5-6-10-14)12-15-11-13-7-3-2-4-8-13/h2-8H,9-12H2,1H3. The van der Waals surface area contributed by atoms with Crippen molar-refractivity contribution < 1.29 is 4.74 Å². The van der Waals surface area contributed by atoms with Crippen LogP contribution in [-0.2, 0) is 11.3 Å². The predicted molar refractivity (Wildman–Crippen MR) is 62.6 cm³/mol. The van der Waals surface area contributed by atoms with Crippen molar-refractivity contribution in [3.05, 3.63) is 48.0 Å². The SMILES string of the molecule is CC1(COCc2ccccc2)CC=CC1. The largest absolute Gasteiger partial charge is 0.376 e. The van der Waals surface area contributed by atoms with Crippen LogP contribution in [0.15, 0.2) is 42.5 Å². The van der Waals surface area contributed by atoms with E-state index in [-0.39, 0.29) is 0 Å². The van der Waals surface area contributed by atoms with Gasteiger partial charge in [0.1, 0.15) is 0 Å². The van der Waals surface area contributed by atoms with Gasteiger partial charge in [-0.2, -0.15) is 0 Å². The molecule has 0 aromatic heterocycles. The van der Waals surface area contributed by atoms with Crippen molar-refractivity contribution in [3.8, 4) is 0 Å². The zero-order chi connectivity index (χ0) is 10.6. The maximum absolute atomic E-state index is 5.77. The van der Waals surface area contributed by atoms with Crippen LogP contribution in [0.4, 0.5) is 0 Å². The van der Waals surface area contributed by atoms with E-state index in [1.54, 1.807) is 0 Å². The van der Waals surface area contributed by atoms with Gasteiger partial charge in [0.15, 0.2) is 0 Å². The molecule has 1 heteroatoms. The van der Waals surface area contributed by atoms with Crippen LogP contribution in [0.5, 0.6) is 0 Å². The van der Waals surface area contributed by atoms with Crippen LogP contribution >= 0.6 is 0 Å². The third-order valence-corrected chi connectivity index (χ3v) is 2.95. The molecular formula is C14H18O. The summed E-state index contributed by atoms with van der Waals surface area (Å²) in [4.78, 5) is 0. The maximum Gasteiger partial charge on any atom is 0.0717 e. The van der Waals surface area contributed by atoms with Crippen molar-refractivity contribution in [3.63, 3.8) is 0 Å². The first-order valence-corrected chi connectivity index (χ1v) is 5.55. The minimum atomic E-state index is 0.342. The van der Waals surface area contributed by atoms with Crippen molar-refractivity contribution in [1.82, 2.24) is 0 Å². The highest BCUT2D eigenvalue weighted by atomic mass is 16.5. The molecule has 2 rings (SSSR count). The molecule has 0 radical (unpaired) electrons. The normalized spacial score (nSPS) is 18.2. The summed E-state index contributed by atoms with van der Waals surface area (Å²) in [6.45, 7) is 3.88. The Labute approximate surface area is 91.8 Å². The fourth-order valence-corrected chi connectivity index (χ4v) is 1.93. The van der Waals surface area contributed by atoms with Gasteiger partial charge in [0, 0.05) is 0 Å². The van der Waals surface area contributed by atoms with Gasteiger partial charge in [-0.05, 0) is 23.8 Å². The van der Waals surface area contributed by atoms with E-state index in [1.165, 1.54) is 5.56 Å². The Balaban J connectivity index is 1.76. The van der Waals surface area contributed by atoms with Crippen LogP contribution in [0.25, 0.3) is 0 Å². The van der Waals surface area contributed by atoms with Crippen molar-refractivity contribution in [2.24, 2.45) is 5.41 Å². The monoisotopic (exact) mass is 202 g/mol.